The van der Waals surface area contributed by atoms with Crippen LogP contribution in [-0.2, 0) is 17.6 Å². The highest BCUT2D eigenvalue weighted by Crippen LogP contribution is 2.40. The fourth-order valence-corrected chi connectivity index (χ4v) is 6.66. The van der Waals surface area contributed by atoms with Gasteiger partial charge in [-0.05, 0) is 72.0 Å². The molecule has 1 amide bonds. The van der Waals surface area contributed by atoms with Crippen molar-refractivity contribution in [3.8, 4) is 5.75 Å². The summed E-state index contributed by atoms with van der Waals surface area (Å²) in [4.78, 5) is 21.5. The first kappa shape index (κ1) is 22.1. The summed E-state index contributed by atoms with van der Waals surface area (Å²) in [5, 5.41) is 3.27. The quantitative estimate of drug-likeness (QED) is 0.220. The van der Waals surface area contributed by atoms with Crippen LogP contribution in [-0.4, -0.2) is 23.3 Å². The van der Waals surface area contributed by atoms with Crippen LogP contribution in [0, 0.1) is 0 Å². The SMILES string of the molecule is CCOc1ccccc1N(C(=O)CSc1ccc2c3c(cccc13)CC2)c1nc2ccccc2s1. The van der Waals surface area contributed by atoms with Crippen molar-refractivity contribution in [1.82, 2.24) is 4.98 Å². The topological polar surface area (TPSA) is 42.4 Å². The molecule has 174 valence electrons. The zero-order chi connectivity index (χ0) is 23.8. The molecule has 0 spiro atoms. The Balaban J connectivity index is 1.37. The van der Waals surface area contributed by atoms with E-state index >= 15 is 0 Å². The molecule has 0 radical (unpaired) electrons. The number of ether oxygens (including phenoxy) is 1. The fraction of sp³-hybridized carbons (Fsp3) is 0.172. The number of carbonyl (C=O) groups is 1. The number of amides is 1. The molecule has 0 bridgehead atoms. The number of aryl methyl sites for hydroxylation is 2. The number of fused-ring (bicyclic) bond motifs is 1. The summed E-state index contributed by atoms with van der Waals surface area (Å²) in [5.41, 5.74) is 4.43. The van der Waals surface area contributed by atoms with Crippen LogP contribution in [0.3, 0.4) is 0 Å². The zero-order valence-electron chi connectivity index (χ0n) is 19.4. The molecule has 0 saturated carbocycles. The molecule has 1 aliphatic rings. The van der Waals surface area contributed by atoms with Crippen LogP contribution < -0.4 is 9.64 Å². The van der Waals surface area contributed by atoms with Crippen LogP contribution >= 0.6 is 23.1 Å². The number of rotatable bonds is 7. The monoisotopic (exact) mass is 496 g/mol. The van der Waals surface area contributed by atoms with E-state index in [4.69, 9.17) is 9.72 Å². The number of carbonyl (C=O) groups excluding carboxylic acids is 1. The van der Waals surface area contributed by atoms with Gasteiger partial charge in [0.15, 0.2) is 5.13 Å². The lowest BCUT2D eigenvalue weighted by molar-refractivity contribution is -0.115. The second kappa shape index (κ2) is 9.36. The normalized spacial score (nSPS) is 12.4. The highest BCUT2D eigenvalue weighted by molar-refractivity contribution is 8.00. The standard InChI is InChI=1S/C29H24N2O2S2/c1-2-33-24-12-5-4-11-23(24)31(29-30-22-10-3-6-13-26(22)35-29)27(32)18-34-25-17-16-20-15-14-19-8-7-9-21(25)28(19)20/h3-13,16-17H,2,14-15,18H2,1H3. The Morgan fingerprint density at radius 3 is 2.63 bits per heavy atom. The van der Waals surface area contributed by atoms with E-state index in [0.29, 0.717) is 23.2 Å². The smallest absolute Gasteiger partial charge is 0.243 e. The highest BCUT2D eigenvalue weighted by atomic mass is 32.2. The summed E-state index contributed by atoms with van der Waals surface area (Å²) in [5.74, 6) is 0.956. The van der Waals surface area contributed by atoms with Gasteiger partial charge in [0.25, 0.3) is 0 Å². The first-order valence-corrected chi connectivity index (χ1v) is 13.6. The minimum atomic E-state index is -0.0236. The minimum absolute atomic E-state index is 0.0236. The lowest BCUT2D eigenvalue weighted by Gasteiger charge is -2.22. The lowest BCUT2D eigenvalue weighted by Crippen LogP contribution is -2.28. The number of aromatic nitrogens is 1. The Bertz CT molecular complexity index is 1520. The fourth-order valence-electron chi connectivity index (χ4n) is 4.77. The van der Waals surface area contributed by atoms with Gasteiger partial charge in [0.2, 0.25) is 5.91 Å². The molecule has 4 aromatic carbocycles. The summed E-state index contributed by atoms with van der Waals surface area (Å²) in [6.07, 6.45) is 2.19. The number of nitrogens with zero attached hydrogens (tertiary/aromatic N) is 2. The van der Waals surface area contributed by atoms with Gasteiger partial charge in [0.1, 0.15) is 5.75 Å². The molecule has 0 atom stereocenters. The third-order valence-electron chi connectivity index (χ3n) is 6.32. The van der Waals surface area contributed by atoms with Crippen LogP contribution in [0.15, 0.2) is 83.8 Å². The van der Waals surface area contributed by atoms with Crippen LogP contribution in [0.4, 0.5) is 10.8 Å². The average Bonchev–Trinajstić information content (AvgIpc) is 3.50. The van der Waals surface area contributed by atoms with E-state index in [1.165, 1.54) is 33.2 Å². The Hall–Kier alpha value is -3.35. The van der Waals surface area contributed by atoms with Crippen molar-refractivity contribution in [1.29, 1.82) is 0 Å². The van der Waals surface area contributed by atoms with Crippen molar-refractivity contribution in [3.63, 3.8) is 0 Å². The van der Waals surface area contributed by atoms with E-state index in [2.05, 4.69) is 30.3 Å². The Labute approximate surface area is 212 Å². The number of anilines is 2. The summed E-state index contributed by atoms with van der Waals surface area (Å²) >= 11 is 3.11. The van der Waals surface area contributed by atoms with E-state index in [9.17, 15) is 4.79 Å². The third kappa shape index (κ3) is 4.07. The number of benzene rings is 4. The van der Waals surface area contributed by atoms with Gasteiger partial charge in [-0.25, -0.2) is 4.98 Å². The van der Waals surface area contributed by atoms with E-state index in [0.717, 1.165) is 33.6 Å². The van der Waals surface area contributed by atoms with Crippen molar-refractivity contribution in [2.24, 2.45) is 0 Å². The Kier molecular flexibility index (Phi) is 5.92. The number of para-hydroxylation sites is 3. The largest absolute Gasteiger partial charge is 0.492 e. The van der Waals surface area contributed by atoms with E-state index in [1.54, 1.807) is 16.7 Å². The molecule has 4 nitrogen and oxygen atoms in total. The summed E-state index contributed by atoms with van der Waals surface area (Å²) < 4.78 is 6.94. The van der Waals surface area contributed by atoms with Gasteiger partial charge in [-0.3, -0.25) is 9.69 Å². The van der Waals surface area contributed by atoms with Crippen molar-refractivity contribution < 1.29 is 9.53 Å². The first-order valence-electron chi connectivity index (χ1n) is 11.8. The molecule has 0 saturated heterocycles. The van der Waals surface area contributed by atoms with E-state index in [-0.39, 0.29) is 5.91 Å². The van der Waals surface area contributed by atoms with E-state index < -0.39 is 0 Å². The maximum absolute atomic E-state index is 13.8. The molecule has 35 heavy (non-hydrogen) atoms. The molecule has 1 aliphatic carbocycles. The van der Waals surface area contributed by atoms with Crippen molar-refractivity contribution in [2.75, 3.05) is 17.3 Å². The van der Waals surface area contributed by atoms with Crippen LogP contribution in [0.5, 0.6) is 5.75 Å². The van der Waals surface area contributed by atoms with Gasteiger partial charge in [-0.15, -0.1) is 11.8 Å². The van der Waals surface area contributed by atoms with Crippen molar-refractivity contribution >= 4 is 60.8 Å². The number of thioether (sulfide) groups is 1. The first-order chi connectivity index (χ1) is 17.2. The predicted octanol–water partition coefficient (Wildman–Crippen LogP) is 7.40. The third-order valence-corrected chi connectivity index (χ3v) is 8.40. The summed E-state index contributed by atoms with van der Waals surface area (Å²) in [6, 6.07) is 26.6. The van der Waals surface area contributed by atoms with Gasteiger partial charge in [-0.1, -0.05) is 59.9 Å². The summed E-state index contributed by atoms with van der Waals surface area (Å²) in [6.45, 7) is 2.47. The highest BCUT2D eigenvalue weighted by Gasteiger charge is 2.25. The number of hydrogen-bond donors (Lipinski definition) is 0. The number of hydrogen-bond acceptors (Lipinski definition) is 5. The Morgan fingerprint density at radius 1 is 0.971 bits per heavy atom. The predicted molar refractivity (Wildman–Crippen MR) is 146 cm³/mol. The molecule has 0 N–H and O–H groups in total. The maximum Gasteiger partial charge on any atom is 0.243 e. The Morgan fingerprint density at radius 2 is 1.77 bits per heavy atom. The van der Waals surface area contributed by atoms with Crippen molar-refractivity contribution in [3.05, 3.63) is 90.0 Å². The van der Waals surface area contributed by atoms with Gasteiger partial charge in [0.05, 0.1) is 28.3 Å². The molecule has 1 heterocycles. The molecular weight excluding hydrogens is 472 g/mol. The molecule has 1 aromatic heterocycles. The number of thiazole rings is 1. The van der Waals surface area contributed by atoms with Crippen LogP contribution in [0.25, 0.3) is 21.0 Å². The lowest BCUT2D eigenvalue weighted by atomic mass is 10.1. The maximum atomic E-state index is 13.8. The molecular formula is C29H24N2O2S2. The van der Waals surface area contributed by atoms with Gasteiger partial charge >= 0.3 is 0 Å². The molecule has 0 fully saturated rings. The second-order valence-corrected chi connectivity index (χ2v) is 10.5. The average molecular weight is 497 g/mol. The van der Waals surface area contributed by atoms with E-state index in [1.807, 2.05) is 55.5 Å². The van der Waals surface area contributed by atoms with Gasteiger partial charge in [0, 0.05) is 4.90 Å². The molecule has 5 aromatic rings. The summed E-state index contributed by atoms with van der Waals surface area (Å²) in [7, 11) is 0. The minimum Gasteiger partial charge on any atom is -0.492 e. The molecule has 6 heteroatoms. The molecule has 6 rings (SSSR count). The van der Waals surface area contributed by atoms with Gasteiger partial charge in [-0.2, -0.15) is 0 Å². The zero-order valence-corrected chi connectivity index (χ0v) is 21.0. The van der Waals surface area contributed by atoms with Crippen LogP contribution in [0.2, 0.25) is 0 Å². The van der Waals surface area contributed by atoms with Crippen LogP contribution in [0.1, 0.15) is 18.1 Å². The van der Waals surface area contributed by atoms with Gasteiger partial charge < -0.3 is 4.74 Å². The van der Waals surface area contributed by atoms with Crippen molar-refractivity contribution in [2.45, 2.75) is 24.7 Å². The molecule has 0 unspecified atom stereocenters. The second-order valence-electron chi connectivity index (χ2n) is 8.45. The molecule has 0 aliphatic heterocycles.